The molecule has 4 amide bonds. The van der Waals surface area contributed by atoms with Gasteiger partial charge in [-0.1, -0.05) is 12.1 Å². The highest BCUT2D eigenvalue weighted by Crippen LogP contribution is 2.44. The molecule has 0 unspecified atom stereocenters. The summed E-state index contributed by atoms with van der Waals surface area (Å²) < 4.78 is 11.4. The molecule has 6 rings (SSSR count). The van der Waals surface area contributed by atoms with Gasteiger partial charge in [-0.3, -0.25) is 34.6 Å². The molecule has 0 atom stereocenters. The van der Waals surface area contributed by atoms with Crippen molar-refractivity contribution in [1.82, 2.24) is 19.8 Å². The summed E-state index contributed by atoms with van der Waals surface area (Å²) in [6.45, 7) is 5.62. The Hall–Kier alpha value is -3.38. The number of carbonyl (C=O) groups is 4. The normalized spacial score (nSPS) is 21.5. The highest BCUT2D eigenvalue weighted by atomic mass is 32.1. The minimum Gasteiger partial charge on any atom is -0.495 e. The van der Waals surface area contributed by atoms with Crippen LogP contribution in [0.4, 0.5) is 9.80 Å². The fraction of sp³-hybridized carbons (Fsp3) is 0.586. The number of thiophene rings is 1. The monoisotopic (exact) mass is 583 g/mol. The number of hydrogen-bond acceptors (Lipinski definition) is 8. The summed E-state index contributed by atoms with van der Waals surface area (Å²) >= 11 is 1.30. The minimum absolute atomic E-state index is 0.0269. The Morgan fingerprint density at radius 1 is 1.02 bits per heavy atom. The van der Waals surface area contributed by atoms with E-state index in [1.165, 1.54) is 11.3 Å². The summed E-state index contributed by atoms with van der Waals surface area (Å²) in [6.07, 6.45) is 4.19. The van der Waals surface area contributed by atoms with E-state index in [-0.39, 0.29) is 30.4 Å². The quantitative estimate of drug-likeness (QED) is 0.536. The molecule has 4 fully saturated rings. The van der Waals surface area contributed by atoms with Gasteiger partial charge >= 0.3 is 6.09 Å². The summed E-state index contributed by atoms with van der Waals surface area (Å²) in [5.74, 6) is 0.442. The van der Waals surface area contributed by atoms with Crippen LogP contribution < -0.4 is 10.1 Å². The summed E-state index contributed by atoms with van der Waals surface area (Å²) in [4.78, 5) is 57.3. The average Bonchev–Trinajstić information content (AvgIpc) is 3.46. The lowest BCUT2D eigenvalue weighted by Gasteiger charge is -2.44. The topological polar surface area (TPSA) is 112 Å². The molecule has 4 aliphatic heterocycles. The molecule has 1 aromatic heterocycles. The predicted octanol–water partition coefficient (Wildman–Crippen LogP) is 3.54. The van der Waals surface area contributed by atoms with E-state index in [9.17, 15) is 19.2 Å². The number of nitrogens with zero attached hydrogens (tertiary/aromatic N) is 4. The second-order valence-corrected chi connectivity index (χ2v) is 12.3. The molecule has 4 aliphatic rings. The third-order valence-electron chi connectivity index (χ3n) is 8.96. The van der Waals surface area contributed by atoms with E-state index in [2.05, 4.69) is 10.2 Å². The first kappa shape index (κ1) is 27.8. The van der Waals surface area contributed by atoms with Crippen molar-refractivity contribution in [1.29, 1.82) is 0 Å². The van der Waals surface area contributed by atoms with Gasteiger partial charge in [0.05, 0.1) is 24.0 Å². The molecule has 0 bridgehead atoms. The molecule has 11 nitrogen and oxygen atoms in total. The molecule has 2 aromatic rings. The van der Waals surface area contributed by atoms with Crippen LogP contribution in [0.15, 0.2) is 18.2 Å². The Bertz CT molecular complexity index is 1340. The van der Waals surface area contributed by atoms with E-state index >= 15 is 0 Å². The number of likely N-dealkylation sites (tertiary alicyclic amines) is 2. The molecule has 0 aliphatic carbocycles. The van der Waals surface area contributed by atoms with Gasteiger partial charge in [-0.15, -0.1) is 11.3 Å². The zero-order valence-corrected chi connectivity index (χ0v) is 24.5. The number of hydrazine groups is 1. The second-order valence-electron chi connectivity index (χ2n) is 11.2. The largest absolute Gasteiger partial charge is 0.495 e. The maximum absolute atomic E-state index is 13.9. The molecule has 1 N–H and O–H groups in total. The lowest BCUT2D eigenvalue weighted by molar-refractivity contribution is -0.150. The highest BCUT2D eigenvalue weighted by Gasteiger charge is 2.60. The molecule has 220 valence electrons. The van der Waals surface area contributed by atoms with E-state index < -0.39 is 11.5 Å². The third-order valence-corrected chi connectivity index (χ3v) is 10.1. The van der Waals surface area contributed by atoms with E-state index in [0.717, 1.165) is 48.7 Å². The molecule has 5 heterocycles. The van der Waals surface area contributed by atoms with Crippen molar-refractivity contribution < 1.29 is 28.7 Å². The van der Waals surface area contributed by atoms with Crippen LogP contribution in [0, 0.1) is 5.41 Å². The summed E-state index contributed by atoms with van der Waals surface area (Å²) in [7, 11) is 1.58. The van der Waals surface area contributed by atoms with Crippen LogP contribution in [0.5, 0.6) is 5.75 Å². The van der Waals surface area contributed by atoms with E-state index in [1.54, 1.807) is 24.1 Å². The second kappa shape index (κ2) is 11.1. The average molecular weight is 584 g/mol. The first-order valence-corrected chi connectivity index (χ1v) is 15.4. The maximum Gasteiger partial charge on any atom is 0.412 e. The molecule has 0 saturated carbocycles. The Balaban J connectivity index is 1.18. The number of anilines is 1. The van der Waals surface area contributed by atoms with Crippen molar-refractivity contribution in [3.8, 4) is 5.75 Å². The standard InChI is InChI=1S/C29H37N5O6S/c1-3-40-28(38)30-24-22(20-8-6-9-21(39-2)23(20)41-24)25(35)31-16-10-19(11-17-31)32-13-7-12-29(18-32)26(36)33-14-4-5-15-34(33)27(29)37/h6,8-9,19H,3-5,7,10-18H2,1-2H3,(H,30,38). The van der Waals surface area contributed by atoms with Crippen molar-refractivity contribution in [3.63, 3.8) is 0 Å². The molecular weight excluding hydrogens is 546 g/mol. The van der Waals surface area contributed by atoms with Crippen molar-refractivity contribution in [2.24, 2.45) is 5.41 Å². The van der Waals surface area contributed by atoms with Gasteiger partial charge in [-0.05, 0) is 58.1 Å². The zero-order chi connectivity index (χ0) is 28.7. The van der Waals surface area contributed by atoms with Crippen LogP contribution in [0.1, 0.15) is 55.8 Å². The van der Waals surface area contributed by atoms with E-state index in [4.69, 9.17) is 9.47 Å². The summed E-state index contributed by atoms with van der Waals surface area (Å²) in [5.41, 5.74) is -0.516. The number of nitrogens with one attached hydrogen (secondary N) is 1. The molecule has 0 radical (unpaired) electrons. The number of carbonyl (C=O) groups excluding carboxylic acids is 4. The molecule has 4 saturated heterocycles. The van der Waals surface area contributed by atoms with Gasteiger partial charge in [0.25, 0.3) is 17.7 Å². The molecule has 1 spiro atoms. The van der Waals surface area contributed by atoms with E-state index in [1.807, 2.05) is 23.1 Å². The van der Waals surface area contributed by atoms with E-state index in [0.29, 0.717) is 55.5 Å². The van der Waals surface area contributed by atoms with Crippen LogP contribution in [-0.2, 0) is 14.3 Å². The smallest absolute Gasteiger partial charge is 0.412 e. The van der Waals surface area contributed by atoms with Crippen molar-refractivity contribution in [2.75, 3.05) is 58.3 Å². The van der Waals surface area contributed by atoms with Crippen LogP contribution in [0.3, 0.4) is 0 Å². The van der Waals surface area contributed by atoms with Crippen LogP contribution in [0.2, 0.25) is 0 Å². The fourth-order valence-electron chi connectivity index (χ4n) is 6.93. The Kier molecular flexibility index (Phi) is 7.54. The van der Waals surface area contributed by atoms with Gasteiger partial charge in [0.2, 0.25) is 0 Å². The van der Waals surface area contributed by atoms with Crippen molar-refractivity contribution >= 4 is 50.2 Å². The number of rotatable bonds is 5. The SMILES string of the molecule is CCOC(=O)Nc1sc2c(OC)cccc2c1C(=O)N1CCC(N2CCCC3(C2)C(=O)N2CCCCN2C3=O)CC1. The highest BCUT2D eigenvalue weighted by molar-refractivity contribution is 7.23. The zero-order valence-electron chi connectivity index (χ0n) is 23.6. The summed E-state index contributed by atoms with van der Waals surface area (Å²) in [5, 5.41) is 7.33. The van der Waals surface area contributed by atoms with Crippen molar-refractivity contribution in [2.45, 2.75) is 51.5 Å². The van der Waals surface area contributed by atoms with Crippen LogP contribution in [-0.4, -0.2) is 103 Å². The lowest BCUT2D eigenvalue weighted by atomic mass is 9.78. The van der Waals surface area contributed by atoms with Gasteiger partial charge in [0.1, 0.15) is 16.2 Å². The number of methoxy groups -OCH3 is 1. The number of fused-ring (bicyclic) bond motifs is 2. The van der Waals surface area contributed by atoms with Gasteiger partial charge in [0, 0.05) is 44.2 Å². The Labute approximate surface area is 243 Å². The molecule has 41 heavy (non-hydrogen) atoms. The fourth-order valence-corrected chi connectivity index (χ4v) is 8.10. The van der Waals surface area contributed by atoms with Gasteiger partial charge in [0.15, 0.2) is 0 Å². The molecule has 12 heteroatoms. The molecular formula is C29H37N5O6S. The van der Waals surface area contributed by atoms with Gasteiger partial charge in [-0.25, -0.2) is 4.79 Å². The number of hydrogen-bond donors (Lipinski definition) is 1. The third kappa shape index (κ3) is 4.70. The number of amides is 4. The lowest BCUT2D eigenvalue weighted by Crippen LogP contribution is -2.56. The number of benzene rings is 1. The Morgan fingerprint density at radius 3 is 2.39 bits per heavy atom. The van der Waals surface area contributed by atoms with Crippen LogP contribution >= 0.6 is 11.3 Å². The Morgan fingerprint density at radius 2 is 1.73 bits per heavy atom. The number of piperidine rings is 2. The molecule has 1 aromatic carbocycles. The first-order chi connectivity index (χ1) is 19.9. The first-order valence-electron chi connectivity index (χ1n) is 14.6. The number of ether oxygens (including phenoxy) is 2. The predicted molar refractivity (Wildman–Crippen MR) is 154 cm³/mol. The maximum atomic E-state index is 13.9. The van der Waals surface area contributed by atoms with Crippen LogP contribution in [0.25, 0.3) is 10.1 Å². The van der Waals surface area contributed by atoms with Crippen molar-refractivity contribution in [3.05, 3.63) is 23.8 Å². The van der Waals surface area contributed by atoms with Gasteiger partial charge in [-0.2, -0.15) is 0 Å². The summed E-state index contributed by atoms with van der Waals surface area (Å²) in [6, 6.07) is 5.74. The van der Waals surface area contributed by atoms with Gasteiger partial charge < -0.3 is 14.4 Å². The minimum atomic E-state index is -0.960.